The summed E-state index contributed by atoms with van der Waals surface area (Å²) in [4.78, 5) is 0. The Bertz CT molecular complexity index is 836. The summed E-state index contributed by atoms with van der Waals surface area (Å²) in [5.41, 5.74) is 2.94. The maximum absolute atomic E-state index is 13.6. The SMILES string of the molecule is Fc1ccc2c(ccc3c4c(ccc32)CCCC4)c1Cl. The van der Waals surface area contributed by atoms with Gasteiger partial charge in [0.05, 0.1) is 5.02 Å². The van der Waals surface area contributed by atoms with E-state index in [1.807, 2.05) is 12.1 Å². The molecule has 1 aliphatic rings. The summed E-state index contributed by atoms with van der Waals surface area (Å²) in [6.07, 6.45) is 4.86. The molecule has 0 saturated carbocycles. The average Bonchev–Trinajstić information content (AvgIpc) is 2.50. The molecule has 2 heteroatoms. The second kappa shape index (κ2) is 4.46. The van der Waals surface area contributed by atoms with Crippen molar-refractivity contribution >= 4 is 33.1 Å². The molecule has 20 heavy (non-hydrogen) atoms. The Morgan fingerprint density at radius 1 is 0.750 bits per heavy atom. The van der Waals surface area contributed by atoms with Crippen LogP contribution in [0, 0.1) is 5.82 Å². The first-order valence-corrected chi connectivity index (χ1v) is 7.45. The minimum absolute atomic E-state index is 0.224. The minimum atomic E-state index is -0.350. The molecule has 0 amide bonds. The monoisotopic (exact) mass is 284 g/mol. The highest BCUT2D eigenvalue weighted by atomic mass is 35.5. The van der Waals surface area contributed by atoms with Crippen LogP contribution in [-0.2, 0) is 12.8 Å². The molecule has 3 aromatic carbocycles. The van der Waals surface area contributed by atoms with Crippen LogP contribution in [0.1, 0.15) is 24.0 Å². The molecule has 0 aliphatic heterocycles. The first kappa shape index (κ1) is 12.2. The number of benzene rings is 3. The molecular formula is C18H14ClF. The van der Waals surface area contributed by atoms with Crippen LogP contribution in [0.15, 0.2) is 36.4 Å². The zero-order valence-corrected chi connectivity index (χ0v) is 11.8. The molecule has 1 aliphatic carbocycles. The maximum atomic E-state index is 13.6. The number of rotatable bonds is 0. The van der Waals surface area contributed by atoms with Gasteiger partial charge < -0.3 is 0 Å². The highest BCUT2D eigenvalue weighted by molar-refractivity contribution is 6.36. The molecule has 0 nitrogen and oxygen atoms in total. The molecule has 0 radical (unpaired) electrons. The van der Waals surface area contributed by atoms with Gasteiger partial charge in [-0.2, -0.15) is 0 Å². The zero-order valence-electron chi connectivity index (χ0n) is 11.0. The summed E-state index contributed by atoms with van der Waals surface area (Å²) >= 11 is 6.09. The molecule has 0 atom stereocenters. The minimum Gasteiger partial charge on any atom is -0.205 e. The molecular weight excluding hydrogens is 271 g/mol. The Kier molecular flexibility index (Phi) is 2.71. The molecule has 0 aromatic heterocycles. The lowest BCUT2D eigenvalue weighted by Gasteiger charge is -2.19. The van der Waals surface area contributed by atoms with Gasteiger partial charge in [0.25, 0.3) is 0 Å². The van der Waals surface area contributed by atoms with Crippen LogP contribution in [0.3, 0.4) is 0 Å². The second-order valence-electron chi connectivity index (χ2n) is 5.53. The standard InChI is InChI=1S/C18H14ClF/c19-18-16-8-7-13-12-4-2-1-3-11(12)5-6-14(13)15(16)9-10-17(18)20/h5-10H,1-4H2. The van der Waals surface area contributed by atoms with E-state index in [1.54, 1.807) is 0 Å². The summed E-state index contributed by atoms with van der Waals surface area (Å²) in [5, 5.41) is 4.56. The molecule has 100 valence electrons. The van der Waals surface area contributed by atoms with Gasteiger partial charge >= 0.3 is 0 Å². The van der Waals surface area contributed by atoms with E-state index in [9.17, 15) is 4.39 Å². The van der Waals surface area contributed by atoms with E-state index in [4.69, 9.17) is 11.6 Å². The van der Waals surface area contributed by atoms with Crippen molar-refractivity contribution in [2.75, 3.05) is 0 Å². The Morgan fingerprint density at radius 3 is 2.30 bits per heavy atom. The van der Waals surface area contributed by atoms with Crippen LogP contribution in [0.25, 0.3) is 21.5 Å². The lowest BCUT2D eigenvalue weighted by molar-refractivity contribution is 0.630. The van der Waals surface area contributed by atoms with Gasteiger partial charge in [-0.15, -0.1) is 0 Å². The van der Waals surface area contributed by atoms with Crippen molar-refractivity contribution in [2.45, 2.75) is 25.7 Å². The van der Waals surface area contributed by atoms with E-state index < -0.39 is 0 Å². The van der Waals surface area contributed by atoms with Gasteiger partial charge in [-0.25, -0.2) is 4.39 Å². The molecule has 0 unspecified atom stereocenters. The fourth-order valence-electron chi connectivity index (χ4n) is 3.41. The third-order valence-electron chi connectivity index (χ3n) is 4.42. The number of fused-ring (bicyclic) bond motifs is 5. The van der Waals surface area contributed by atoms with Gasteiger partial charge in [0.15, 0.2) is 0 Å². The summed E-state index contributed by atoms with van der Waals surface area (Å²) < 4.78 is 13.6. The van der Waals surface area contributed by atoms with Crippen molar-refractivity contribution in [3.8, 4) is 0 Å². The van der Waals surface area contributed by atoms with E-state index in [-0.39, 0.29) is 10.8 Å². The largest absolute Gasteiger partial charge is 0.205 e. The molecule has 0 heterocycles. The third-order valence-corrected chi connectivity index (χ3v) is 4.80. The lowest BCUT2D eigenvalue weighted by Crippen LogP contribution is -2.03. The van der Waals surface area contributed by atoms with E-state index in [1.165, 1.54) is 47.2 Å². The van der Waals surface area contributed by atoms with Gasteiger partial charge in [-0.05, 0) is 59.0 Å². The van der Waals surface area contributed by atoms with Crippen LogP contribution in [0.2, 0.25) is 5.02 Å². The molecule has 0 spiro atoms. The summed E-state index contributed by atoms with van der Waals surface area (Å²) in [6.45, 7) is 0. The van der Waals surface area contributed by atoms with Crippen molar-refractivity contribution in [2.24, 2.45) is 0 Å². The van der Waals surface area contributed by atoms with Crippen molar-refractivity contribution in [1.29, 1.82) is 0 Å². The van der Waals surface area contributed by atoms with Crippen molar-refractivity contribution in [3.63, 3.8) is 0 Å². The molecule has 0 fully saturated rings. The van der Waals surface area contributed by atoms with Gasteiger partial charge in [-0.1, -0.05) is 41.9 Å². The summed E-state index contributed by atoms with van der Waals surface area (Å²) in [6, 6.07) is 11.8. The normalized spacial score (nSPS) is 14.7. The van der Waals surface area contributed by atoms with Gasteiger partial charge in [0.2, 0.25) is 0 Å². The maximum Gasteiger partial charge on any atom is 0.142 e. The lowest BCUT2D eigenvalue weighted by atomic mass is 9.86. The number of hydrogen-bond donors (Lipinski definition) is 0. The fourth-order valence-corrected chi connectivity index (χ4v) is 3.64. The van der Waals surface area contributed by atoms with Crippen LogP contribution in [-0.4, -0.2) is 0 Å². The highest BCUT2D eigenvalue weighted by Crippen LogP contribution is 2.36. The predicted octanol–water partition coefficient (Wildman–Crippen LogP) is 5.66. The van der Waals surface area contributed by atoms with E-state index in [2.05, 4.69) is 18.2 Å². The quantitative estimate of drug-likeness (QED) is 0.467. The predicted molar refractivity (Wildman–Crippen MR) is 83.1 cm³/mol. The van der Waals surface area contributed by atoms with Gasteiger partial charge in [0, 0.05) is 5.39 Å². The van der Waals surface area contributed by atoms with Crippen molar-refractivity contribution in [3.05, 3.63) is 58.4 Å². The second-order valence-corrected chi connectivity index (χ2v) is 5.91. The number of aryl methyl sites for hydroxylation is 2. The van der Waals surface area contributed by atoms with Crippen LogP contribution in [0.5, 0.6) is 0 Å². The topological polar surface area (TPSA) is 0 Å². The van der Waals surface area contributed by atoms with E-state index >= 15 is 0 Å². The van der Waals surface area contributed by atoms with Gasteiger partial charge in [0.1, 0.15) is 5.82 Å². The Balaban J connectivity index is 2.14. The number of halogens is 2. The van der Waals surface area contributed by atoms with Crippen molar-refractivity contribution < 1.29 is 4.39 Å². The molecule has 3 aromatic rings. The highest BCUT2D eigenvalue weighted by Gasteiger charge is 2.14. The fraction of sp³-hybridized carbons (Fsp3) is 0.222. The molecule has 0 saturated heterocycles. The zero-order chi connectivity index (χ0) is 13.7. The van der Waals surface area contributed by atoms with Crippen LogP contribution < -0.4 is 0 Å². The van der Waals surface area contributed by atoms with E-state index in [0.29, 0.717) is 0 Å². The Hall–Kier alpha value is -1.60. The Morgan fingerprint density at radius 2 is 1.40 bits per heavy atom. The smallest absolute Gasteiger partial charge is 0.142 e. The van der Waals surface area contributed by atoms with E-state index in [0.717, 1.165) is 17.2 Å². The molecule has 4 rings (SSSR count). The molecule has 0 N–H and O–H groups in total. The first-order chi connectivity index (χ1) is 9.75. The van der Waals surface area contributed by atoms with Crippen LogP contribution >= 0.6 is 11.6 Å². The van der Waals surface area contributed by atoms with Crippen LogP contribution in [0.4, 0.5) is 4.39 Å². The average molecular weight is 285 g/mol. The Labute approximate surface area is 122 Å². The first-order valence-electron chi connectivity index (χ1n) is 7.07. The van der Waals surface area contributed by atoms with Gasteiger partial charge in [-0.3, -0.25) is 0 Å². The van der Waals surface area contributed by atoms with Crippen molar-refractivity contribution in [1.82, 2.24) is 0 Å². The molecule has 0 bridgehead atoms. The summed E-state index contributed by atoms with van der Waals surface area (Å²) in [5.74, 6) is -0.350. The summed E-state index contributed by atoms with van der Waals surface area (Å²) in [7, 11) is 0. The number of hydrogen-bond acceptors (Lipinski definition) is 0. The third kappa shape index (κ3) is 1.66.